The average molecular weight is 445 g/mol. The van der Waals surface area contributed by atoms with Gasteiger partial charge in [0.15, 0.2) is 5.76 Å². The summed E-state index contributed by atoms with van der Waals surface area (Å²) in [7, 11) is 0. The van der Waals surface area contributed by atoms with Crippen LogP contribution in [0.15, 0.2) is 65.1 Å². The molecule has 0 aliphatic carbocycles. The molecule has 156 valence electrons. The summed E-state index contributed by atoms with van der Waals surface area (Å²) in [6, 6.07) is 18.5. The van der Waals surface area contributed by atoms with Gasteiger partial charge >= 0.3 is 0 Å². The minimum absolute atomic E-state index is 0.0844. The second kappa shape index (κ2) is 9.56. The highest BCUT2D eigenvalue weighted by atomic mass is 35.5. The molecule has 3 aromatic rings. The summed E-state index contributed by atoms with van der Waals surface area (Å²) in [5.41, 5.74) is 1.22. The minimum atomic E-state index is -0.0844. The Bertz CT molecular complexity index is 978. The van der Waals surface area contributed by atoms with E-state index in [0.717, 1.165) is 24.7 Å². The average Bonchev–Trinajstić information content (AvgIpc) is 3.24. The van der Waals surface area contributed by atoms with Crippen LogP contribution in [0.2, 0.25) is 10.0 Å². The van der Waals surface area contributed by atoms with Crippen LogP contribution in [0.3, 0.4) is 0 Å². The van der Waals surface area contributed by atoms with Gasteiger partial charge in [-0.05, 0) is 54.1 Å². The summed E-state index contributed by atoms with van der Waals surface area (Å²) in [6.07, 6.45) is 0. The van der Waals surface area contributed by atoms with Crippen molar-refractivity contribution < 1.29 is 13.9 Å². The maximum absolute atomic E-state index is 12.8. The van der Waals surface area contributed by atoms with Crippen molar-refractivity contribution in [1.82, 2.24) is 9.80 Å². The third-order valence-electron chi connectivity index (χ3n) is 5.05. The van der Waals surface area contributed by atoms with Gasteiger partial charge in [0.25, 0.3) is 5.91 Å². The molecule has 0 spiro atoms. The molecule has 7 heteroatoms. The van der Waals surface area contributed by atoms with Crippen molar-refractivity contribution in [3.63, 3.8) is 0 Å². The molecule has 1 amide bonds. The summed E-state index contributed by atoms with van der Waals surface area (Å²) >= 11 is 11.8. The lowest BCUT2D eigenvalue weighted by Gasteiger charge is -2.34. The number of nitrogens with zero attached hydrogens (tertiary/aromatic N) is 2. The summed E-state index contributed by atoms with van der Waals surface area (Å²) in [5.74, 6) is 1.56. The van der Waals surface area contributed by atoms with Crippen molar-refractivity contribution in [2.45, 2.75) is 13.2 Å². The highest BCUT2D eigenvalue weighted by molar-refractivity contribution is 6.30. The molecule has 1 aliphatic heterocycles. The van der Waals surface area contributed by atoms with Gasteiger partial charge in [-0.2, -0.15) is 0 Å². The molecule has 0 unspecified atom stereocenters. The first-order chi connectivity index (χ1) is 14.6. The summed E-state index contributed by atoms with van der Waals surface area (Å²) in [6.45, 7) is 4.09. The van der Waals surface area contributed by atoms with E-state index in [-0.39, 0.29) is 12.5 Å². The monoisotopic (exact) mass is 444 g/mol. The standard InChI is InChI=1S/C23H22Cl2N2O3/c24-18-3-1-17(2-4-18)15-26-11-13-27(14-12-26)23(28)22-10-9-21(30-22)16-29-20-7-5-19(25)6-8-20/h1-10H,11-16H2. The van der Waals surface area contributed by atoms with Crippen LogP contribution < -0.4 is 4.74 Å². The Labute approximate surface area is 185 Å². The zero-order valence-electron chi connectivity index (χ0n) is 16.4. The summed E-state index contributed by atoms with van der Waals surface area (Å²) in [4.78, 5) is 16.9. The van der Waals surface area contributed by atoms with Gasteiger partial charge in [-0.1, -0.05) is 35.3 Å². The minimum Gasteiger partial charge on any atom is -0.486 e. The van der Waals surface area contributed by atoms with E-state index in [1.54, 1.807) is 36.4 Å². The number of amides is 1. The van der Waals surface area contributed by atoms with Gasteiger partial charge in [-0.25, -0.2) is 0 Å². The zero-order valence-corrected chi connectivity index (χ0v) is 17.9. The Morgan fingerprint density at radius 2 is 1.50 bits per heavy atom. The molecule has 0 atom stereocenters. The number of carbonyl (C=O) groups excluding carboxylic acids is 1. The molecule has 0 bridgehead atoms. The highest BCUT2D eigenvalue weighted by Gasteiger charge is 2.24. The third-order valence-corrected chi connectivity index (χ3v) is 5.55. The Hall–Kier alpha value is -2.47. The molecule has 0 saturated carbocycles. The number of benzene rings is 2. The Kier molecular flexibility index (Phi) is 6.62. The number of ether oxygens (including phenoxy) is 1. The molecule has 30 heavy (non-hydrogen) atoms. The van der Waals surface area contributed by atoms with Crippen LogP contribution in [-0.2, 0) is 13.2 Å². The van der Waals surface area contributed by atoms with Crippen molar-refractivity contribution >= 4 is 29.1 Å². The highest BCUT2D eigenvalue weighted by Crippen LogP contribution is 2.19. The fourth-order valence-corrected chi connectivity index (χ4v) is 3.62. The normalized spacial score (nSPS) is 14.7. The van der Waals surface area contributed by atoms with Crippen LogP contribution in [0, 0.1) is 0 Å². The van der Waals surface area contributed by atoms with Gasteiger partial charge in [-0.15, -0.1) is 0 Å². The fraction of sp³-hybridized carbons (Fsp3) is 0.261. The molecule has 1 fully saturated rings. The van der Waals surface area contributed by atoms with Crippen molar-refractivity contribution in [2.75, 3.05) is 26.2 Å². The first-order valence-corrected chi connectivity index (χ1v) is 10.6. The van der Waals surface area contributed by atoms with Gasteiger partial charge in [0.05, 0.1) is 0 Å². The molecule has 2 aromatic carbocycles. The quantitative estimate of drug-likeness (QED) is 0.528. The molecule has 5 nitrogen and oxygen atoms in total. The van der Waals surface area contributed by atoms with Crippen LogP contribution >= 0.6 is 23.2 Å². The molecule has 1 aromatic heterocycles. The topological polar surface area (TPSA) is 45.9 Å². The number of carbonyl (C=O) groups is 1. The van der Waals surface area contributed by atoms with E-state index in [0.29, 0.717) is 35.4 Å². The Morgan fingerprint density at radius 1 is 0.867 bits per heavy atom. The smallest absolute Gasteiger partial charge is 0.289 e. The van der Waals surface area contributed by atoms with E-state index < -0.39 is 0 Å². The summed E-state index contributed by atoms with van der Waals surface area (Å²) < 4.78 is 11.4. The van der Waals surface area contributed by atoms with Crippen molar-refractivity contribution in [3.05, 3.63) is 87.8 Å². The molecule has 4 rings (SSSR count). The maximum atomic E-state index is 12.8. The van der Waals surface area contributed by atoms with Gasteiger partial charge in [0, 0.05) is 42.8 Å². The summed E-state index contributed by atoms with van der Waals surface area (Å²) in [5, 5.41) is 1.40. The van der Waals surface area contributed by atoms with E-state index in [4.69, 9.17) is 32.4 Å². The second-order valence-corrected chi connectivity index (χ2v) is 8.08. The van der Waals surface area contributed by atoms with E-state index in [9.17, 15) is 4.79 Å². The predicted molar refractivity (Wildman–Crippen MR) is 117 cm³/mol. The van der Waals surface area contributed by atoms with Gasteiger partial charge in [-0.3, -0.25) is 9.69 Å². The van der Waals surface area contributed by atoms with Crippen LogP contribution in [0.4, 0.5) is 0 Å². The van der Waals surface area contributed by atoms with E-state index in [1.165, 1.54) is 5.56 Å². The SMILES string of the molecule is O=C(c1ccc(COc2ccc(Cl)cc2)o1)N1CCN(Cc2ccc(Cl)cc2)CC1. The van der Waals surface area contributed by atoms with Gasteiger partial charge in [0.2, 0.25) is 0 Å². The number of hydrogen-bond donors (Lipinski definition) is 0. The first kappa shape index (κ1) is 20.8. The number of piperazine rings is 1. The number of halogens is 2. The molecule has 1 saturated heterocycles. The second-order valence-electron chi connectivity index (χ2n) is 7.20. The first-order valence-electron chi connectivity index (χ1n) is 9.80. The van der Waals surface area contributed by atoms with Crippen molar-refractivity contribution in [1.29, 1.82) is 0 Å². The largest absolute Gasteiger partial charge is 0.486 e. The lowest BCUT2D eigenvalue weighted by molar-refractivity contribution is 0.0594. The van der Waals surface area contributed by atoms with Gasteiger partial charge < -0.3 is 14.1 Å². The van der Waals surface area contributed by atoms with Gasteiger partial charge in [0.1, 0.15) is 18.1 Å². The maximum Gasteiger partial charge on any atom is 0.289 e. The zero-order chi connectivity index (χ0) is 20.9. The third kappa shape index (κ3) is 5.36. The lowest BCUT2D eigenvalue weighted by Crippen LogP contribution is -2.48. The van der Waals surface area contributed by atoms with Crippen LogP contribution in [0.5, 0.6) is 5.75 Å². The molecule has 2 heterocycles. The number of rotatable bonds is 6. The molecule has 0 N–H and O–H groups in total. The predicted octanol–water partition coefficient (Wildman–Crippen LogP) is 5.12. The van der Waals surface area contributed by atoms with Crippen LogP contribution in [0.25, 0.3) is 0 Å². The van der Waals surface area contributed by atoms with E-state index in [2.05, 4.69) is 4.90 Å². The van der Waals surface area contributed by atoms with E-state index in [1.807, 2.05) is 29.2 Å². The number of furan rings is 1. The Morgan fingerprint density at radius 3 is 2.17 bits per heavy atom. The molecular weight excluding hydrogens is 423 g/mol. The molecular formula is C23H22Cl2N2O3. The lowest BCUT2D eigenvalue weighted by atomic mass is 10.2. The van der Waals surface area contributed by atoms with Crippen molar-refractivity contribution in [2.24, 2.45) is 0 Å². The van der Waals surface area contributed by atoms with Crippen LogP contribution in [0.1, 0.15) is 21.9 Å². The van der Waals surface area contributed by atoms with E-state index >= 15 is 0 Å². The number of hydrogen-bond acceptors (Lipinski definition) is 4. The van der Waals surface area contributed by atoms with Crippen molar-refractivity contribution in [3.8, 4) is 5.75 Å². The molecule has 1 aliphatic rings. The molecule has 0 radical (unpaired) electrons. The van der Waals surface area contributed by atoms with Crippen LogP contribution in [-0.4, -0.2) is 41.9 Å². The fourth-order valence-electron chi connectivity index (χ4n) is 3.37. The Balaban J connectivity index is 1.27.